The van der Waals surface area contributed by atoms with Gasteiger partial charge in [-0.3, -0.25) is 0 Å². The third-order valence-corrected chi connectivity index (χ3v) is 4.79. The fraction of sp³-hybridized carbons (Fsp3) is 0.938. The van der Waals surface area contributed by atoms with Gasteiger partial charge in [-0.1, -0.05) is 0 Å². The predicted molar refractivity (Wildman–Crippen MR) is 84.5 cm³/mol. The molecule has 21 heavy (non-hydrogen) atoms. The van der Waals surface area contributed by atoms with E-state index in [1.165, 1.54) is 6.42 Å². The molecule has 0 aromatic rings. The minimum absolute atomic E-state index is 0.0564. The maximum Gasteiger partial charge on any atom is 0.317 e. The maximum absolute atomic E-state index is 12.6. The van der Waals surface area contributed by atoms with Crippen LogP contribution in [-0.4, -0.2) is 66.3 Å². The molecule has 2 aliphatic rings. The maximum atomic E-state index is 12.6. The van der Waals surface area contributed by atoms with E-state index in [1.807, 2.05) is 4.90 Å². The van der Waals surface area contributed by atoms with Crippen LogP contribution in [0.1, 0.15) is 47.0 Å². The number of carbonyl (C=O) groups is 1. The van der Waals surface area contributed by atoms with Gasteiger partial charge in [-0.05, 0) is 61.1 Å². The zero-order valence-corrected chi connectivity index (χ0v) is 14.4. The summed E-state index contributed by atoms with van der Waals surface area (Å²) in [7, 11) is 4.17. The molecule has 2 rings (SSSR count). The van der Waals surface area contributed by atoms with Gasteiger partial charge in [0.1, 0.15) is 0 Å². The second-order valence-electron chi connectivity index (χ2n) is 7.88. The van der Waals surface area contributed by atoms with Crippen molar-refractivity contribution in [3.63, 3.8) is 0 Å². The van der Waals surface area contributed by atoms with Crippen LogP contribution in [0.4, 0.5) is 4.79 Å². The van der Waals surface area contributed by atoms with Gasteiger partial charge >= 0.3 is 6.03 Å². The Morgan fingerprint density at radius 2 is 1.95 bits per heavy atom. The number of rotatable bonds is 2. The minimum atomic E-state index is -0.310. The summed E-state index contributed by atoms with van der Waals surface area (Å²) >= 11 is 0. The van der Waals surface area contributed by atoms with Crippen molar-refractivity contribution in [2.45, 2.75) is 70.2 Å². The zero-order chi connectivity index (χ0) is 15.8. The van der Waals surface area contributed by atoms with Gasteiger partial charge < -0.3 is 19.9 Å². The first-order valence-electron chi connectivity index (χ1n) is 8.03. The Morgan fingerprint density at radius 1 is 1.29 bits per heavy atom. The Hall–Kier alpha value is -0.810. The van der Waals surface area contributed by atoms with E-state index in [2.05, 4.69) is 52.0 Å². The van der Waals surface area contributed by atoms with E-state index in [0.717, 1.165) is 25.9 Å². The lowest BCUT2D eigenvalue weighted by Crippen LogP contribution is -2.55. The van der Waals surface area contributed by atoms with E-state index in [9.17, 15) is 4.79 Å². The molecule has 5 nitrogen and oxygen atoms in total. The van der Waals surface area contributed by atoms with E-state index in [0.29, 0.717) is 6.04 Å². The number of urea groups is 1. The summed E-state index contributed by atoms with van der Waals surface area (Å²) in [5.41, 5.74) is -0.481. The zero-order valence-electron chi connectivity index (χ0n) is 14.4. The van der Waals surface area contributed by atoms with Crippen LogP contribution < -0.4 is 5.32 Å². The number of hydrogen-bond donors (Lipinski definition) is 1. The Balaban J connectivity index is 1.95. The van der Waals surface area contributed by atoms with Crippen LogP contribution in [0.2, 0.25) is 0 Å². The lowest BCUT2D eigenvalue weighted by atomic mass is 9.94. The third kappa shape index (κ3) is 3.89. The molecule has 122 valence electrons. The highest BCUT2D eigenvalue weighted by molar-refractivity contribution is 5.75. The first kappa shape index (κ1) is 16.6. The monoisotopic (exact) mass is 297 g/mol. The molecule has 2 saturated heterocycles. The lowest BCUT2D eigenvalue weighted by Gasteiger charge is -2.37. The van der Waals surface area contributed by atoms with E-state index < -0.39 is 0 Å². The van der Waals surface area contributed by atoms with Gasteiger partial charge in [-0.15, -0.1) is 0 Å². The Kier molecular flexibility index (Phi) is 4.54. The van der Waals surface area contributed by atoms with Crippen molar-refractivity contribution in [1.29, 1.82) is 0 Å². The Bertz CT molecular complexity index is 393. The number of piperidine rings is 1. The lowest BCUT2D eigenvalue weighted by molar-refractivity contribution is -0.0693. The van der Waals surface area contributed by atoms with Crippen LogP contribution in [0.25, 0.3) is 0 Å². The van der Waals surface area contributed by atoms with E-state index in [4.69, 9.17) is 4.74 Å². The summed E-state index contributed by atoms with van der Waals surface area (Å²) in [4.78, 5) is 16.7. The summed E-state index contributed by atoms with van der Waals surface area (Å²) in [6.45, 7) is 9.97. The van der Waals surface area contributed by atoms with Gasteiger partial charge in [0.05, 0.1) is 17.2 Å². The quantitative estimate of drug-likeness (QED) is 0.848. The second kappa shape index (κ2) is 5.76. The van der Waals surface area contributed by atoms with Crippen molar-refractivity contribution in [2.75, 3.05) is 27.2 Å². The average molecular weight is 297 g/mol. The second-order valence-corrected chi connectivity index (χ2v) is 7.88. The van der Waals surface area contributed by atoms with Crippen LogP contribution >= 0.6 is 0 Å². The number of ether oxygens (including phenoxy) is 1. The van der Waals surface area contributed by atoms with Crippen molar-refractivity contribution in [1.82, 2.24) is 15.1 Å². The molecule has 0 aromatic carbocycles. The summed E-state index contributed by atoms with van der Waals surface area (Å²) < 4.78 is 6.05. The highest BCUT2D eigenvalue weighted by Gasteiger charge is 2.47. The smallest absolute Gasteiger partial charge is 0.317 e. The number of likely N-dealkylation sites (N-methyl/N-ethyl adjacent to an activating group) is 1. The van der Waals surface area contributed by atoms with Crippen LogP contribution in [0.3, 0.4) is 0 Å². The molecular formula is C16H31N3O2. The molecule has 0 unspecified atom stereocenters. The van der Waals surface area contributed by atoms with E-state index in [1.54, 1.807) is 0 Å². The molecule has 0 bridgehead atoms. The highest BCUT2D eigenvalue weighted by Crippen LogP contribution is 2.37. The standard InChI is InChI=1S/C16H31N3O2/c1-15(2)10-13(16(3,4)21-15)17-14(20)19-9-7-8-12(11-19)18(5)6/h12-13H,7-11H2,1-6H3,(H,17,20)/t12-,13-/m0/s1. The topological polar surface area (TPSA) is 44.8 Å². The van der Waals surface area contributed by atoms with Gasteiger partial charge in [0, 0.05) is 19.1 Å². The number of likely N-dealkylation sites (tertiary alicyclic amines) is 1. The molecule has 0 saturated carbocycles. The fourth-order valence-electron chi connectivity index (χ4n) is 3.59. The molecule has 0 aliphatic carbocycles. The van der Waals surface area contributed by atoms with Crippen molar-refractivity contribution < 1.29 is 9.53 Å². The van der Waals surface area contributed by atoms with Crippen molar-refractivity contribution in [3.05, 3.63) is 0 Å². The first-order chi connectivity index (χ1) is 9.61. The van der Waals surface area contributed by atoms with Crippen LogP contribution in [0.5, 0.6) is 0 Å². The summed E-state index contributed by atoms with van der Waals surface area (Å²) in [5.74, 6) is 0. The predicted octanol–water partition coefficient (Wildman–Crippen LogP) is 2.07. The molecule has 2 atom stereocenters. The Labute approximate surface area is 129 Å². The molecule has 0 radical (unpaired) electrons. The number of nitrogens with one attached hydrogen (secondary N) is 1. The first-order valence-corrected chi connectivity index (χ1v) is 8.03. The van der Waals surface area contributed by atoms with Gasteiger partial charge in [0.15, 0.2) is 0 Å². The van der Waals surface area contributed by atoms with Crippen molar-refractivity contribution in [2.24, 2.45) is 0 Å². The molecule has 2 heterocycles. The molecule has 2 amide bonds. The molecule has 2 fully saturated rings. The van der Waals surface area contributed by atoms with Crippen molar-refractivity contribution in [3.8, 4) is 0 Å². The summed E-state index contributed by atoms with van der Waals surface area (Å²) in [6, 6.07) is 0.592. The molecule has 0 spiro atoms. The molecular weight excluding hydrogens is 266 g/mol. The van der Waals surface area contributed by atoms with E-state index >= 15 is 0 Å². The van der Waals surface area contributed by atoms with Crippen LogP contribution in [0.15, 0.2) is 0 Å². The number of amides is 2. The van der Waals surface area contributed by atoms with Gasteiger partial charge in [-0.25, -0.2) is 4.79 Å². The minimum Gasteiger partial charge on any atom is -0.367 e. The van der Waals surface area contributed by atoms with Crippen molar-refractivity contribution >= 4 is 6.03 Å². The van der Waals surface area contributed by atoms with Gasteiger partial charge in [0.25, 0.3) is 0 Å². The molecule has 0 aromatic heterocycles. The van der Waals surface area contributed by atoms with Crippen LogP contribution in [0, 0.1) is 0 Å². The molecule has 5 heteroatoms. The van der Waals surface area contributed by atoms with E-state index in [-0.39, 0.29) is 23.3 Å². The highest BCUT2D eigenvalue weighted by atomic mass is 16.5. The number of carbonyl (C=O) groups excluding carboxylic acids is 1. The number of hydrogen-bond acceptors (Lipinski definition) is 3. The SMILES string of the molecule is CN(C)[C@H]1CCCN(C(=O)N[C@H]2CC(C)(C)OC2(C)C)C1. The number of nitrogens with zero attached hydrogens (tertiary/aromatic N) is 2. The third-order valence-electron chi connectivity index (χ3n) is 4.79. The van der Waals surface area contributed by atoms with Gasteiger partial charge in [-0.2, -0.15) is 0 Å². The summed E-state index contributed by atoms with van der Waals surface area (Å²) in [5, 5.41) is 3.20. The molecule has 2 aliphatic heterocycles. The largest absolute Gasteiger partial charge is 0.367 e. The molecule has 1 N–H and O–H groups in total. The van der Waals surface area contributed by atoms with Crippen LogP contribution in [-0.2, 0) is 4.74 Å². The normalized spacial score (nSPS) is 31.5. The average Bonchev–Trinajstić information content (AvgIpc) is 2.57. The Morgan fingerprint density at radius 3 is 2.48 bits per heavy atom. The summed E-state index contributed by atoms with van der Waals surface area (Å²) in [6.07, 6.45) is 3.10. The fourth-order valence-corrected chi connectivity index (χ4v) is 3.59. The van der Waals surface area contributed by atoms with Gasteiger partial charge in [0.2, 0.25) is 0 Å².